The van der Waals surface area contributed by atoms with Gasteiger partial charge in [0.05, 0.1) is 32.5 Å². The van der Waals surface area contributed by atoms with E-state index in [1.165, 1.54) is 6.04 Å². The molecule has 0 unspecified atom stereocenters. The standard InChI is InChI=1S/C7H12NO2/c1-3-9-4-2-8(1)7-5-10-6-7/h1-6H2. The summed E-state index contributed by atoms with van der Waals surface area (Å²) < 4.78 is 10.3. The predicted octanol–water partition coefficient (Wildman–Crippen LogP) is -0.119. The Morgan fingerprint density at radius 2 is 1.70 bits per heavy atom. The third-order valence-corrected chi connectivity index (χ3v) is 2.00. The van der Waals surface area contributed by atoms with E-state index in [4.69, 9.17) is 9.47 Å². The minimum Gasteiger partial charge on any atom is -0.379 e. The molecule has 0 amide bonds. The highest BCUT2D eigenvalue weighted by molar-refractivity contribution is 4.96. The molecule has 0 aromatic carbocycles. The molecule has 57 valence electrons. The van der Waals surface area contributed by atoms with Crippen molar-refractivity contribution in [2.45, 2.75) is 0 Å². The Morgan fingerprint density at radius 1 is 1.00 bits per heavy atom. The molecule has 0 N–H and O–H groups in total. The van der Waals surface area contributed by atoms with Crippen LogP contribution in [-0.4, -0.2) is 44.4 Å². The van der Waals surface area contributed by atoms with Gasteiger partial charge in [0.15, 0.2) is 0 Å². The van der Waals surface area contributed by atoms with Crippen LogP contribution >= 0.6 is 0 Å². The Labute approximate surface area is 60.9 Å². The van der Waals surface area contributed by atoms with Gasteiger partial charge in [-0.3, -0.25) is 4.90 Å². The molecule has 2 fully saturated rings. The predicted molar refractivity (Wildman–Crippen MR) is 36.5 cm³/mol. The van der Waals surface area contributed by atoms with Gasteiger partial charge >= 0.3 is 0 Å². The fourth-order valence-electron chi connectivity index (χ4n) is 1.26. The highest BCUT2D eigenvalue weighted by atomic mass is 16.5. The lowest BCUT2D eigenvalue weighted by Gasteiger charge is -2.38. The summed E-state index contributed by atoms with van der Waals surface area (Å²) in [5.74, 6) is 0. The summed E-state index contributed by atoms with van der Waals surface area (Å²) in [6.07, 6.45) is 0. The van der Waals surface area contributed by atoms with Crippen molar-refractivity contribution in [2.24, 2.45) is 0 Å². The average Bonchev–Trinajstić information content (AvgIpc) is 1.86. The van der Waals surface area contributed by atoms with Gasteiger partial charge in [0.25, 0.3) is 0 Å². The van der Waals surface area contributed by atoms with E-state index >= 15 is 0 Å². The van der Waals surface area contributed by atoms with E-state index in [2.05, 4.69) is 4.90 Å². The van der Waals surface area contributed by atoms with Crippen molar-refractivity contribution in [2.75, 3.05) is 39.5 Å². The summed E-state index contributed by atoms with van der Waals surface area (Å²) >= 11 is 0. The minimum atomic E-state index is 0.847. The number of ether oxygens (including phenoxy) is 2. The van der Waals surface area contributed by atoms with Crippen LogP contribution in [0, 0.1) is 6.04 Å². The lowest BCUT2D eigenvalue weighted by molar-refractivity contribution is -0.0373. The topological polar surface area (TPSA) is 21.7 Å². The smallest absolute Gasteiger partial charge is 0.0911 e. The third kappa shape index (κ3) is 1.17. The third-order valence-electron chi connectivity index (χ3n) is 2.00. The summed E-state index contributed by atoms with van der Waals surface area (Å²) in [5.41, 5.74) is 0. The van der Waals surface area contributed by atoms with Gasteiger partial charge in [-0.2, -0.15) is 0 Å². The second-order valence-electron chi connectivity index (χ2n) is 2.66. The van der Waals surface area contributed by atoms with Gasteiger partial charge in [0.1, 0.15) is 0 Å². The molecule has 3 heteroatoms. The fourth-order valence-corrected chi connectivity index (χ4v) is 1.26. The number of hydrogen-bond acceptors (Lipinski definition) is 3. The molecule has 0 aromatic rings. The maximum Gasteiger partial charge on any atom is 0.0911 e. The van der Waals surface area contributed by atoms with Gasteiger partial charge in [0.2, 0.25) is 0 Å². The van der Waals surface area contributed by atoms with Crippen molar-refractivity contribution in [3.63, 3.8) is 0 Å². The highest BCUT2D eigenvalue weighted by Gasteiger charge is 2.27. The molecule has 1 radical (unpaired) electrons. The monoisotopic (exact) mass is 142 g/mol. The van der Waals surface area contributed by atoms with E-state index in [1.54, 1.807) is 0 Å². The lowest BCUT2D eigenvalue weighted by atomic mass is 10.2. The molecular weight excluding hydrogens is 130 g/mol. The van der Waals surface area contributed by atoms with Gasteiger partial charge in [-0.15, -0.1) is 0 Å². The van der Waals surface area contributed by atoms with Crippen LogP contribution in [-0.2, 0) is 9.47 Å². The maximum absolute atomic E-state index is 5.22. The normalized spacial score (nSPS) is 30.0. The van der Waals surface area contributed by atoms with Crippen LogP contribution in [0.2, 0.25) is 0 Å². The maximum atomic E-state index is 5.22. The van der Waals surface area contributed by atoms with Crippen molar-refractivity contribution >= 4 is 0 Å². The van der Waals surface area contributed by atoms with E-state index in [1.807, 2.05) is 0 Å². The number of nitrogens with zero attached hydrogens (tertiary/aromatic N) is 1. The summed E-state index contributed by atoms with van der Waals surface area (Å²) in [5, 5.41) is 0. The number of hydrogen-bond donors (Lipinski definition) is 0. The van der Waals surface area contributed by atoms with Crippen LogP contribution in [0.15, 0.2) is 0 Å². The van der Waals surface area contributed by atoms with Crippen molar-refractivity contribution < 1.29 is 9.47 Å². The van der Waals surface area contributed by atoms with Crippen molar-refractivity contribution in [3.05, 3.63) is 6.04 Å². The average molecular weight is 142 g/mol. The van der Waals surface area contributed by atoms with Gasteiger partial charge in [-0.25, -0.2) is 0 Å². The van der Waals surface area contributed by atoms with Gasteiger partial charge in [-0.1, -0.05) is 0 Å². The molecular formula is C7H12NO2. The zero-order chi connectivity index (χ0) is 6.81. The Kier molecular flexibility index (Phi) is 1.88. The van der Waals surface area contributed by atoms with Crippen LogP contribution in [0.3, 0.4) is 0 Å². The van der Waals surface area contributed by atoms with Crippen LogP contribution in [0.4, 0.5) is 0 Å². The van der Waals surface area contributed by atoms with Crippen LogP contribution in [0.25, 0.3) is 0 Å². The van der Waals surface area contributed by atoms with Gasteiger partial charge < -0.3 is 9.47 Å². The minimum absolute atomic E-state index is 0.847. The molecule has 2 aliphatic heterocycles. The summed E-state index contributed by atoms with van der Waals surface area (Å²) in [6, 6.07) is 1.45. The molecule has 0 saturated carbocycles. The van der Waals surface area contributed by atoms with Crippen LogP contribution in [0.5, 0.6) is 0 Å². The Hall–Kier alpha value is -0.120. The molecule has 3 nitrogen and oxygen atoms in total. The van der Waals surface area contributed by atoms with Crippen LogP contribution < -0.4 is 0 Å². The second kappa shape index (κ2) is 2.86. The molecule has 0 aliphatic carbocycles. The van der Waals surface area contributed by atoms with E-state index in [0.717, 1.165) is 39.5 Å². The Morgan fingerprint density at radius 3 is 2.20 bits per heavy atom. The van der Waals surface area contributed by atoms with E-state index in [0.29, 0.717) is 0 Å². The SMILES string of the molecule is C1CN([C]2COC2)CCO1. The molecule has 0 bridgehead atoms. The first-order valence-electron chi connectivity index (χ1n) is 3.72. The van der Waals surface area contributed by atoms with Crippen molar-refractivity contribution in [1.82, 2.24) is 4.90 Å². The summed E-state index contributed by atoms with van der Waals surface area (Å²) in [7, 11) is 0. The zero-order valence-electron chi connectivity index (χ0n) is 6.01. The molecule has 10 heavy (non-hydrogen) atoms. The van der Waals surface area contributed by atoms with E-state index in [9.17, 15) is 0 Å². The molecule has 2 aliphatic rings. The quantitative estimate of drug-likeness (QED) is 0.509. The molecule has 2 rings (SSSR count). The summed E-state index contributed by atoms with van der Waals surface area (Å²) in [4.78, 5) is 2.37. The molecule has 2 heterocycles. The first kappa shape index (κ1) is 6.58. The lowest BCUT2D eigenvalue weighted by Crippen LogP contribution is -2.47. The first-order valence-corrected chi connectivity index (χ1v) is 3.72. The summed E-state index contributed by atoms with van der Waals surface area (Å²) in [6.45, 7) is 5.56. The van der Waals surface area contributed by atoms with Crippen LogP contribution in [0.1, 0.15) is 0 Å². The molecule has 2 saturated heterocycles. The Bertz CT molecular complexity index is 108. The number of rotatable bonds is 1. The highest BCUT2D eigenvalue weighted by Crippen LogP contribution is 2.18. The van der Waals surface area contributed by atoms with Crippen molar-refractivity contribution in [1.29, 1.82) is 0 Å². The van der Waals surface area contributed by atoms with Crippen molar-refractivity contribution in [3.8, 4) is 0 Å². The van der Waals surface area contributed by atoms with Gasteiger partial charge in [-0.05, 0) is 0 Å². The van der Waals surface area contributed by atoms with E-state index < -0.39 is 0 Å². The largest absolute Gasteiger partial charge is 0.379 e. The first-order chi connectivity index (χ1) is 4.97. The Balaban J connectivity index is 1.78. The molecule has 0 atom stereocenters. The number of morpholine rings is 1. The fraction of sp³-hybridized carbons (Fsp3) is 0.857. The molecule has 0 aromatic heterocycles. The molecule has 0 spiro atoms. The van der Waals surface area contributed by atoms with Gasteiger partial charge in [0, 0.05) is 13.1 Å². The second-order valence-corrected chi connectivity index (χ2v) is 2.66. The zero-order valence-corrected chi connectivity index (χ0v) is 6.01. The van der Waals surface area contributed by atoms with E-state index in [-0.39, 0.29) is 0 Å².